The minimum Gasteiger partial charge on any atom is -0.360 e. The number of hydrogen-bond acceptors (Lipinski definition) is 6. The van der Waals surface area contributed by atoms with Gasteiger partial charge in [-0.1, -0.05) is 6.92 Å². The molecule has 0 atom stereocenters. The zero-order valence-corrected chi connectivity index (χ0v) is 12.7. The van der Waals surface area contributed by atoms with Crippen molar-refractivity contribution in [2.45, 2.75) is 19.8 Å². The molecule has 5 nitrogen and oxygen atoms in total. The normalized spacial score (nSPS) is 10.6. The monoisotopic (exact) mass is 295 g/mol. The average molecular weight is 295 g/mol. The van der Waals surface area contributed by atoms with Crippen molar-refractivity contribution in [3.05, 3.63) is 28.1 Å². The molecule has 2 aromatic rings. The quantitative estimate of drug-likeness (QED) is 0.886. The highest BCUT2D eigenvalue weighted by molar-refractivity contribution is 7.09. The van der Waals surface area contributed by atoms with Crippen molar-refractivity contribution in [3.8, 4) is 0 Å². The van der Waals surface area contributed by atoms with Crippen LogP contribution in [0.3, 0.4) is 0 Å². The van der Waals surface area contributed by atoms with Crippen LogP contribution in [0.15, 0.2) is 11.6 Å². The molecule has 0 saturated carbocycles. The van der Waals surface area contributed by atoms with Crippen LogP contribution in [0.5, 0.6) is 0 Å². The van der Waals surface area contributed by atoms with Crippen molar-refractivity contribution in [1.29, 1.82) is 0 Å². The predicted molar refractivity (Wildman–Crippen MR) is 80.0 cm³/mol. The van der Waals surface area contributed by atoms with Crippen molar-refractivity contribution < 1.29 is 4.39 Å². The minimum atomic E-state index is -0.423. The molecule has 2 aromatic heterocycles. The highest BCUT2D eigenvalue weighted by Crippen LogP contribution is 2.15. The Morgan fingerprint density at radius 2 is 2.15 bits per heavy atom. The summed E-state index contributed by atoms with van der Waals surface area (Å²) in [5.41, 5.74) is 1.12. The molecule has 20 heavy (non-hydrogen) atoms. The summed E-state index contributed by atoms with van der Waals surface area (Å²) >= 11 is 1.66. The number of nitrogens with zero attached hydrogens (tertiary/aromatic N) is 4. The van der Waals surface area contributed by atoms with Gasteiger partial charge in [-0.3, -0.25) is 0 Å². The summed E-state index contributed by atoms with van der Waals surface area (Å²) in [4.78, 5) is 14.2. The molecule has 0 spiro atoms. The molecule has 2 rings (SSSR count). The van der Waals surface area contributed by atoms with Gasteiger partial charge in [-0.2, -0.15) is 4.98 Å². The molecule has 0 amide bonds. The zero-order chi connectivity index (χ0) is 14.5. The van der Waals surface area contributed by atoms with E-state index in [0.717, 1.165) is 23.5 Å². The van der Waals surface area contributed by atoms with E-state index < -0.39 is 5.82 Å². The Hall–Kier alpha value is -1.76. The van der Waals surface area contributed by atoms with Crippen LogP contribution in [0.1, 0.15) is 17.6 Å². The fourth-order valence-electron chi connectivity index (χ4n) is 1.66. The van der Waals surface area contributed by atoms with Crippen molar-refractivity contribution in [2.75, 3.05) is 30.9 Å². The summed E-state index contributed by atoms with van der Waals surface area (Å²) in [6.07, 6.45) is 2.95. The Bertz CT molecular complexity index is 570. The van der Waals surface area contributed by atoms with E-state index in [0.29, 0.717) is 12.5 Å². The first kappa shape index (κ1) is 14.6. The molecule has 0 aliphatic rings. The molecule has 0 aromatic carbocycles. The highest BCUT2D eigenvalue weighted by Gasteiger charge is 2.08. The molecule has 0 aliphatic carbocycles. The number of aromatic nitrogens is 3. The maximum absolute atomic E-state index is 13.4. The van der Waals surface area contributed by atoms with Gasteiger partial charge in [0.2, 0.25) is 5.95 Å². The van der Waals surface area contributed by atoms with E-state index in [4.69, 9.17) is 0 Å². The molecule has 0 unspecified atom stereocenters. The van der Waals surface area contributed by atoms with E-state index in [9.17, 15) is 4.39 Å². The second-order valence-electron chi connectivity index (χ2n) is 4.52. The van der Waals surface area contributed by atoms with Gasteiger partial charge in [0.15, 0.2) is 11.6 Å². The third-order valence-corrected chi connectivity index (χ3v) is 3.69. The Balaban J connectivity index is 1.92. The number of aryl methyl sites for hydroxylation is 1. The van der Waals surface area contributed by atoms with Gasteiger partial charge in [-0.25, -0.2) is 14.4 Å². The average Bonchev–Trinajstić information content (AvgIpc) is 2.88. The number of thiazole rings is 1. The van der Waals surface area contributed by atoms with Gasteiger partial charge in [0.05, 0.1) is 16.9 Å². The van der Waals surface area contributed by atoms with E-state index in [2.05, 4.69) is 32.6 Å². The lowest BCUT2D eigenvalue weighted by molar-refractivity contribution is 0.612. The van der Waals surface area contributed by atoms with Crippen molar-refractivity contribution in [2.24, 2.45) is 0 Å². The zero-order valence-electron chi connectivity index (χ0n) is 11.9. The number of rotatable bonds is 6. The van der Waals surface area contributed by atoms with Gasteiger partial charge in [-0.15, -0.1) is 11.3 Å². The summed E-state index contributed by atoms with van der Waals surface area (Å²) in [5, 5.41) is 6.26. The van der Waals surface area contributed by atoms with Gasteiger partial charge in [0.25, 0.3) is 0 Å². The van der Waals surface area contributed by atoms with Crippen molar-refractivity contribution >= 4 is 23.1 Å². The molecule has 0 fully saturated rings. The van der Waals surface area contributed by atoms with Crippen molar-refractivity contribution in [1.82, 2.24) is 15.0 Å². The van der Waals surface area contributed by atoms with E-state index in [1.54, 1.807) is 30.3 Å². The van der Waals surface area contributed by atoms with Crippen LogP contribution in [0.25, 0.3) is 0 Å². The van der Waals surface area contributed by atoms with Gasteiger partial charge < -0.3 is 10.2 Å². The summed E-state index contributed by atoms with van der Waals surface area (Å²) in [7, 11) is 3.49. The molecule has 0 bridgehead atoms. The summed E-state index contributed by atoms with van der Waals surface area (Å²) in [6, 6.07) is 0. The Kier molecular flexibility index (Phi) is 4.84. The van der Waals surface area contributed by atoms with Crippen LogP contribution >= 0.6 is 11.3 Å². The lowest BCUT2D eigenvalue weighted by Gasteiger charge is -2.13. The fourth-order valence-corrected chi connectivity index (χ4v) is 2.55. The SMILES string of the molecule is CCc1csc(CCNc2ncc(F)c(N(C)C)n2)n1. The number of anilines is 2. The van der Waals surface area contributed by atoms with Gasteiger partial charge in [-0.05, 0) is 6.42 Å². The number of hydrogen-bond donors (Lipinski definition) is 1. The maximum atomic E-state index is 13.4. The molecule has 2 heterocycles. The van der Waals surface area contributed by atoms with Crippen LogP contribution in [-0.2, 0) is 12.8 Å². The van der Waals surface area contributed by atoms with Crippen molar-refractivity contribution in [3.63, 3.8) is 0 Å². The topological polar surface area (TPSA) is 53.9 Å². The Labute approximate surface area is 121 Å². The van der Waals surface area contributed by atoms with E-state index >= 15 is 0 Å². The first-order chi connectivity index (χ1) is 9.60. The molecule has 1 N–H and O–H groups in total. The minimum absolute atomic E-state index is 0.282. The van der Waals surface area contributed by atoms with Gasteiger partial charge in [0, 0.05) is 32.4 Å². The van der Waals surface area contributed by atoms with Gasteiger partial charge in [0.1, 0.15) is 0 Å². The number of halogens is 1. The van der Waals surface area contributed by atoms with Crippen LogP contribution in [-0.4, -0.2) is 35.6 Å². The third kappa shape index (κ3) is 3.63. The molecule has 0 aliphatic heterocycles. The molecule has 0 saturated heterocycles. The van der Waals surface area contributed by atoms with Crippen LogP contribution in [0, 0.1) is 5.82 Å². The summed E-state index contributed by atoms with van der Waals surface area (Å²) in [5.74, 6) is 0.292. The largest absolute Gasteiger partial charge is 0.360 e. The standard InChI is InChI=1S/C13H18FN5S/c1-4-9-8-20-11(17-9)5-6-15-13-16-7-10(14)12(18-13)19(2)3/h7-8H,4-6H2,1-3H3,(H,15,16,18). The first-order valence-electron chi connectivity index (χ1n) is 6.47. The molecular weight excluding hydrogens is 277 g/mol. The molecule has 108 valence electrons. The second kappa shape index (κ2) is 6.60. The van der Waals surface area contributed by atoms with Crippen LogP contribution in [0.4, 0.5) is 16.2 Å². The van der Waals surface area contributed by atoms with Gasteiger partial charge >= 0.3 is 0 Å². The van der Waals surface area contributed by atoms with Crippen LogP contribution < -0.4 is 10.2 Å². The molecular formula is C13H18FN5S. The van der Waals surface area contributed by atoms with Crippen LogP contribution in [0.2, 0.25) is 0 Å². The smallest absolute Gasteiger partial charge is 0.224 e. The second-order valence-corrected chi connectivity index (χ2v) is 5.47. The Morgan fingerprint density at radius 1 is 1.35 bits per heavy atom. The van der Waals surface area contributed by atoms with E-state index in [-0.39, 0.29) is 5.82 Å². The van der Waals surface area contributed by atoms with E-state index in [1.807, 2.05) is 0 Å². The Morgan fingerprint density at radius 3 is 2.80 bits per heavy atom. The lowest BCUT2D eigenvalue weighted by atomic mass is 10.4. The summed E-state index contributed by atoms with van der Waals surface area (Å²) < 4.78 is 13.4. The predicted octanol–water partition coefficient (Wildman–Crippen LogP) is 2.36. The maximum Gasteiger partial charge on any atom is 0.224 e. The fraction of sp³-hybridized carbons (Fsp3) is 0.462. The summed E-state index contributed by atoms with van der Waals surface area (Å²) in [6.45, 7) is 2.77. The third-order valence-electron chi connectivity index (χ3n) is 2.73. The highest BCUT2D eigenvalue weighted by atomic mass is 32.1. The van der Waals surface area contributed by atoms with E-state index in [1.165, 1.54) is 6.20 Å². The molecule has 0 radical (unpaired) electrons. The molecule has 7 heteroatoms. The number of nitrogens with one attached hydrogen (secondary N) is 1. The first-order valence-corrected chi connectivity index (χ1v) is 7.35. The lowest BCUT2D eigenvalue weighted by Crippen LogP contribution is -2.15.